The molecule has 10 nitrogen and oxygen atoms in total. The van der Waals surface area contributed by atoms with Gasteiger partial charge in [-0.2, -0.15) is 0 Å². The maximum atomic E-state index is 13.7. The highest BCUT2D eigenvalue weighted by Gasteiger charge is 2.47. The van der Waals surface area contributed by atoms with Crippen LogP contribution in [0.3, 0.4) is 0 Å². The van der Waals surface area contributed by atoms with Crippen molar-refractivity contribution < 1.29 is 19.4 Å². The molecule has 2 aliphatic heterocycles. The van der Waals surface area contributed by atoms with Crippen molar-refractivity contribution in [2.45, 2.75) is 56.7 Å². The number of fused-ring (bicyclic) bond motifs is 4. The molecule has 2 saturated carbocycles. The van der Waals surface area contributed by atoms with Crippen LogP contribution in [0.2, 0.25) is 0 Å². The minimum Gasteiger partial charge on any atom is -0.494 e. The number of amides is 2. The Labute approximate surface area is 250 Å². The van der Waals surface area contributed by atoms with Crippen LogP contribution in [0.5, 0.6) is 5.75 Å². The number of carbonyl (C=O) groups is 2. The summed E-state index contributed by atoms with van der Waals surface area (Å²) in [4.78, 5) is 34.0. The molecule has 1 unspecified atom stereocenters. The van der Waals surface area contributed by atoms with E-state index in [4.69, 9.17) is 15.5 Å². The van der Waals surface area contributed by atoms with E-state index in [1.54, 1.807) is 7.11 Å². The second-order valence-corrected chi connectivity index (χ2v) is 13.1. The third-order valence-corrected chi connectivity index (χ3v) is 10.5. The topological polar surface area (TPSA) is 119 Å². The van der Waals surface area contributed by atoms with Gasteiger partial charge in [-0.05, 0) is 67.7 Å². The largest absolute Gasteiger partial charge is 0.494 e. The molecular weight excluding hydrogens is 544 g/mol. The Morgan fingerprint density at radius 2 is 1.91 bits per heavy atom. The molecule has 4 heterocycles. The highest BCUT2D eigenvalue weighted by atomic mass is 16.5. The Hall–Kier alpha value is -4.05. The summed E-state index contributed by atoms with van der Waals surface area (Å²) in [6.45, 7) is 2.69. The van der Waals surface area contributed by atoms with Crippen LogP contribution < -0.4 is 10.5 Å². The lowest BCUT2D eigenvalue weighted by Crippen LogP contribution is -2.41. The third kappa shape index (κ3) is 4.13. The number of nitrogens with zero attached hydrogens (tertiary/aromatic N) is 5. The molecule has 0 radical (unpaired) electrons. The number of rotatable bonds is 6. The van der Waals surface area contributed by atoms with Crippen LogP contribution in [0.25, 0.3) is 33.5 Å². The van der Waals surface area contributed by atoms with Gasteiger partial charge in [0.15, 0.2) is 5.82 Å². The SMILES string of the molecule is COc1cc(C(=O)N2C[C@H]3CC[C@@H]2[C@@H]3N)cc2nc(-c3cc4cccc(C5CCN(C(=O)O)C5)c4n3CC3CC3)n(C)c12. The Kier molecular flexibility index (Phi) is 6.02. The average molecular weight is 583 g/mol. The number of carbonyl (C=O) groups excluding carboxylic acids is 1. The van der Waals surface area contributed by atoms with Gasteiger partial charge in [0, 0.05) is 62.2 Å². The first kappa shape index (κ1) is 26.6. The van der Waals surface area contributed by atoms with Crippen LogP contribution in [0.4, 0.5) is 4.79 Å². The maximum Gasteiger partial charge on any atom is 0.407 e. The van der Waals surface area contributed by atoms with Crippen molar-refractivity contribution in [3.63, 3.8) is 0 Å². The molecule has 2 aromatic heterocycles. The van der Waals surface area contributed by atoms with Gasteiger partial charge in [0.2, 0.25) is 0 Å². The standard InChI is InChI=1S/C33H38N6O4/c1-36-30-24(12-22(14-27(30)43-2)32(40)39-17-21-8-9-25(39)28(21)34)35-31(36)26-13-19-4-3-5-23(20-10-11-37(16-20)33(41)42)29(19)38(26)15-18-6-7-18/h3-5,12-14,18,20-21,25,28H,6-11,15-17,34H2,1-2H3,(H,41,42)/t20?,21-,25-,28-/m1/s1. The minimum absolute atomic E-state index is 0.00508. The number of hydrogen-bond donors (Lipinski definition) is 2. The van der Waals surface area contributed by atoms with Crippen molar-refractivity contribution in [3.8, 4) is 17.3 Å². The van der Waals surface area contributed by atoms with Crippen LogP contribution in [-0.4, -0.2) is 79.9 Å². The number of likely N-dealkylation sites (tertiary alicyclic amines) is 2. The first-order valence-corrected chi connectivity index (χ1v) is 15.5. The lowest BCUT2D eigenvalue weighted by molar-refractivity contribution is 0.0700. The molecule has 3 N–H and O–H groups in total. The molecule has 2 saturated heterocycles. The van der Waals surface area contributed by atoms with Crippen LogP contribution in [0.15, 0.2) is 36.4 Å². The number of imidazole rings is 1. The molecule has 2 amide bonds. The van der Waals surface area contributed by atoms with E-state index in [9.17, 15) is 14.7 Å². The number of carboxylic acid groups (broad SMARTS) is 1. The molecule has 4 atom stereocenters. The van der Waals surface area contributed by atoms with E-state index in [1.165, 1.54) is 28.8 Å². The van der Waals surface area contributed by atoms with Crippen molar-refractivity contribution in [1.29, 1.82) is 0 Å². The lowest BCUT2D eigenvalue weighted by atomic mass is 9.96. The zero-order valence-electron chi connectivity index (χ0n) is 24.7. The number of benzene rings is 2. The highest BCUT2D eigenvalue weighted by Crippen LogP contribution is 2.42. The number of aromatic nitrogens is 3. The number of piperidine rings is 1. The van der Waals surface area contributed by atoms with E-state index < -0.39 is 6.09 Å². The van der Waals surface area contributed by atoms with Gasteiger partial charge in [-0.25, -0.2) is 9.78 Å². The molecule has 8 rings (SSSR count). The molecule has 2 aliphatic carbocycles. The van der Waals surface area contributed by atoms with Crippen LogP contribution in [0.1, 0.15) is 53.9 Å². The number of hydrogen-bond acceptors (Lipinski definition) is 5. The van der Waals surface area contributed by atoms with Crippen LogP contribution >= 0.6 is 0 Å². The number of methoxy groups -OCH3 is 1. The zero-order valence-corrected chi connectivity index (χ0v) is 24.7. The molecule has 10 heteroatoms. The second kappa shape index (κ2) is 9.74. The monoisotopic (exact) mass is 582 g/mol. The number of aryl methyl sites for hydroxylation is 1. The summed E-state index contributed by atoms with van der Waals surface area (Å²) in [7, 11) is 3.65. The van der Waals surface area contributed by atoms with E-state index in [0.717, 1.165) is 53.7 Å². The van der Waals surface area contributed by atoms with E-state index in [1.807, 2.05) is 24.1 Å². The van der Waals surface area contributed by atoms with Gasteiger partial charge in [-0.1, -0.05) is 18.2 Å². The third-order valence-electron chi connectivity index (χ3n) is 10.5. The Bertz CT molecular complexity index is 1790. The van der Waals surface area contributed by atoms with E-state index in [2.05, 4.69) is 33.4 Å². The summed E-state index contributed by atoms with van der Waals surface area (Å²) in [5, 5.41) is 10.7. The van der Waals surface area contributed by atoms with Crippen LogP contribution in [-0.2, 0) is 13.6 Å². The van der Waals surface area contributed by atoms with E-state index in [-0.39, 0.29) is 23.9 Å². The Morgan fingerprint density at radius 3 is 2.58 bits per heavy atom. The zero-order chi connectivity index (χ0) is 29.6. The highest BCUT2D eigenvalue weighted by molar-refractivity contribution is 6.00. The van der Waals surface area contributed by atoms with Gasteiger partial charge in [-0.3, -0.25) is 4.79 Å². The fraction of sp³-hybridized carbons (Fsp3) is 0.485. The first-order chi connectivity index (χ1) is 20.8. The molecule has 4 aromatic rings. The van der Waals surface area contributed by atoms with Crippen molar-refractivity contribution in [1.82, 2.24) is 23.9 Å². The molecule has 0 spiro atoms. The van der Waals surface area contributed by atoms with Gasteiger partial charge >= 0.3 is 6.09 Å². The normalized spacial score (nSPS) is 25.0. The van der Waals surface area contributed by atoms with Gasteiger partial charge in [0.1, 0.15) is 11.3 Å². The molecule has 2 bridgehead atoms. The van der Waals surface area contributed by atoms with E-state index in [0.29, 0.717) is 42.8 Å². The predicted octanol–water partition coefficient (Wildman–Crippen LogP) is 4.64. The molecule has 224 valence electrons. The molecule has 4 aliphatic rings. The predicted molar refractivity (Wildman–Crippen MR) is 163 cm³/mol. The summed E-state index contributed by atoms with van der Waals surface area (Å²) < 4.78 is 10.3. The summed E-state index contributed by atoms with van der Waals surface area (Å²) in [5.41, 5.74) is 12.0. The van der Waals surface area contributed by atoms with Gasteiger partial charge < -0.3 is 34.5 Å². The first-order valence-electron chi connectivity index (χ1n) is 15.5. The number of nitrogens with two attached hydrogens (primary N) is 1. The van der Waals surface area contributed by atoms with Crippen molar-refractivity contribution in [3.05, 3.63) is 47.5 Å². The van der Waals surface area contributed by atoms with E-state index >= 15 is 0 Å². The minimum atomic E-state index is -0.852. The molecule has 4 fully saturated rings. The Balaban J connectivity index is 1.24. The van der Waals surface area contributed by atoms with Gasteiger partial charge in [0.05, 0.1) is 23.8 Å². The smallest absolute Gasteiger partial charge is 0.407 e. The lowest BCUT2D eigenvalue weighted by Gasteiger charge is -2.27. The Morgan fingerprint density at radius 1 is 1.07 bits per heavy atom. The fourth-order valence-electron chi connectivity index (χ4n) is 8.07. The number of para-hydroxylation sites is 1. The van der Waals surface area contributed by atoms with Gasteiger partial charge in [0.25, 0.3) is 5.91 Å². The summed E-state index contributed by atoms with van der Waals surface area (Å²) in [6.07, 6.45) is 4.45. The summed E-state index contributed by atoms with van der Waals surface area (Å²) in [6, 6.07) is 12.5. The maximum absolute atomic E-state index is 13.7. The number of ether oxygens (including phenoxy) is 1. The average Bonchev–Trinajstić information content (AvgIpc) is 3.35. The summed E-state index contributed by atoms with van der Waals surface area (Å²) >= 11 is 0. The van der Waals surface area contributed by atoms with Crippen molar-refractivity contribution in [2.75, 3.05) is 26.7 Å². The quantitative estimate of drug-likeness (QED) is 0.342. The molecule has 43 heavy (non-hydrogen) atoms. The van der Waals surface area contributed by atoms with Crippen molar-refractivity contribution >= 4 is 33.9 Å². The second-order valence-electron chi connectivity index (χ2n) is 13.1. The molecular formula is C33H38N6O4. The van der Waals surface area contributed by atoms with Crippen LogP contribution in [0, 0.1) is 11.8 Å². The van der Waals surface area contributed by atoms with Gasteiger partial charge in [-0.15, -0.1) is 0 Å². The molecule has 2 aromatic carbocycles. The summed E-state index contributed by atoms with van der Waals surface area (Å²) in [5.74, 6) is 2.61. The fourth-order valence-corrected chi connectivity index (χ4v) is 8.07. The van der Waals surface area contributed by atoms with Crippen molar-refractivity contribution in [2.24, 2.45) is 24.6 Å².